The summed E-state index contributed by atoms with van der Waals surface area (Å²) in [6.07, 6.45) is 6.62. The predicted octanol–water partition coefficient (Wildman–Crippen LogP) is 3.90. The molecule has 1 fully saturated rings. The SMILES string of the molecule is COc1ccc(/C=C/C(=O)N2C[C@H](C)N(C(=O)/C=C/c3ccc(OC)c(OC)c3)C[C@@H]2C)cc1OC. The van der Waals surface area contributed by atoms with Gasteiger partial charge in [0.05, 0.1) is 28.4 Å². The molecule has 2 atom stereocenters. The first-order valence-electron chi connectivity index (χ1n) is 11.7. The lowest BCUT2D eigenvalue weighted by atomic mass is 10.1. The monoisotopic (exact) mass is 494 g/mol. The van der Waals surface area contributed by atoms with Gasteiger partial charge in [0.15, 0.2) is 23.0 Å². The zero-order valence-electron chi connectivity index (χ0n) is 21.7. The average Bonchev–Trinajstić information content (AvgIpc) is 2.90. The molecule has 2 aromatic carbocycles. The third-order valence-electron chi connectivity index (χ3n) is 6.20. The smallest absolute Gasteiger partial charge is 0.246 e. The fourth-order valence-electron chi connectivity index (χ4n) is 4.18. The number of carbonyl (C=O) groups excluding carboxylic acids is 2. The van der Waals surface area contributed by atoms with Crippen LogP contribution in [-0.2, 0) is 9.59 Å². The number of hydrogen-bond donors (Lipinski definition) is 0. The van der Waals surface area contributed by atoms with Crippen LogP contribution in [0.4, 0.5) is 0 Å². The van der Waals surface area contributed by atoms with Gasteiger partial charge in [0.2, 0.25) is 11.8 Å². The molecule has 1 aliphatic heterocycles. The van der Waals surface area contributed by atoms with Crippen molar-refractivity contribution in [3.8, 4) is 23.0 Å². The summed E-state index contributed by atoms with van der Waals surface area (Å²) in [6, 6.07) is 10.7. The van der Waals surface area contributed by atoms with Crippen molar-refractivity contribution < 1.29 is 28.5 Å². The van der Waals surface area contributed by atoms with Crippen molar-refractivity contribution in [1.29, 1.82) is 0 Å². The number of amides is 2. The maximum Gasteiger partial charge on any atom is 0.246 e. The highest BCUT2D eigenvalue weighted by Crippen LogP contribution is 2.29. The second-order valence-electron chi connectivity index (χ2n) is 8.57. The van der Waals surface area contributed by atoms with E-state index in [1.54, 1.807) is 74.7 Å². The van der Waals surface area contributed by atoms with E-state index in [-0.39, 0.29) is 23.9 Å². The summed E-state index contributed by atoms with van der Waals surface area (Å²) < 4.78 is 21.2. The highest BCUT2D eigenvalue weighted by Gasteiger charge is 2.32. The molecule has 2 amide bonds. The first-order valence-corrected chi connectivity index (χ1v) is 11.7. The molecule has 3 rings (SSSR count). The molecule has 0 unspecified atom stereocenters. The number of rotatable bonds is 8. The maximum absolute atomic E-state index is 12.9. The first-order chi connectivity index (χ1) is 17.3. The van der Waals surface area contributed by atoms with Crippen molar-refractivity contribution >= 4 is 24.0 Å². The number of nitrogens with zero attached hydrogens (tertiary/aromatic N) is 2. The van der Waals surface area contributed by atoms with E-state index in [1.807, 2.05) is 38.1 Å². The molecule has 0 aliphatic carbocycles. The Morgan fingerprint density at radius 1 is 0.667 bits per heavy atom. The van der Waals surface area contributed by atoms with E-state index < -0.39 is 0 Å². The van der Waals surface area contributed by atoms with Crippen LogP contribution in [0.3, 0.4) is 0 Å². The Morgan fingerprint density at radius 2 is 1.03 bits per heavy atom. The van der Waals surface area contributed by atoms with Crippen LogP contribution in [0.2, 0.25) is 0 Å². The number of methoxy groups -OCH3 is 4. The Labute approximate surface area is 212 Å². The van der Waals surface area contributed by atoms with Crippen molar-refractivity contribution in [3.63, 3.8) is 0 Å². The van der Waals surface area contributed by atoms with Gasteiger partial charge in [-0.3, -0.25) is 9.59 Å². The van der Waals surface area contributed by atoms with Crippen molar-refractivity contribution in [2.24, 2.45) is 0 Å². The fraction of sp³-hybridized carbons (Fsp3) is 0.357. The van der Waals surface area contributed by atoms with E-state index in [2.05, 4.69) is 0 Å². The molecule has 0 aromatic heterocycles. The molecule has 1 aliphatic rings. The van der Waals surface area contributed by atoms with E-state index in [9.17, 15) is 9.59 Å². The van der Waals surface area contributed by atoms with Gasteiger partial charge >= 0.3 is 0 Å². The van der Waals surface area contributed by atoms with Crippen LogP contribution in [0.15, 0.2) is 48.6 Å². The summed E-state index contributed by atoms with van der Waals surface area (Å²) in [5.41, 5.74) is 1.66. The van der Waals surface area contributed by atoms with E-state index in [1.165, 1.54) is 0 Å². The number of piperazine rings is 1. The van der Waals surface area contributed by atoms with Crippen LogP contribution < -0.4 is 18.9 Å². The highest BCUT2D eigenvalue weighted by atomic mass is 16.5. The summed E-state index contributed by atoms with van der Waals surface area (Å²) in [4.78, 5) is 29.5. The predicted molar refractivity (Wildman–Crippen MR) is 140 cm³/mol. The lowest BCUT2D eigenvalue weighted by molar-refractivity contribution is -0.139. The number of ether oxygens (including phenoxy) is 4. The van der Waals surface area contributed by atoms with Gasteiger partial charge < -0.3 is 28.7 Å². The van der Waals surface area contributed by atoms with Crippen molar-refractivity contribution in [2.45, 2.75) is 25.9 Å². The largest absolute Gasteiger partial charge is 0.493 e. The zero-order chi connectivity index (χ0) is 26.2. The summed E-state index contributed by atoms with van der Waals surface area (Å²) in [6.45, 7) is 4.80. The Morgan fingerprint density at radius 3 is 1.36 bits per heavy atom. The van der Waals surface area contributed by atoms with Gasteiger partial charge in [-0.2, -0.15) is 0 Å². The van der Waals surface area contributed by atoms with Gasteiger partial charge in [0.1, 0.15) is 0 Å². The molecule has 192 valence electrons. The number of hydrogen-bond acceptors (Lipinski definition) is 6. The van der Waals surface area contributed by atoms with Gasteiger partial charge in [-0.15, -0.1) is 0 Å². The minimum atomic E-state index is -0.123. The minimum absolute atomic E-state index is 0.0999. The number of carbonyl (C=O) groups is 2. The Bertz CT molecular complexity index is 1050. The zero-order valence-corrected chi connectivity index (χ0v) is 21.7. The summed E-state index contributed by atoms with van der Waals surface area (Å²) in [5, 5.41) is 0. The van der Waals surface area contributed by atoms with Gasteiger partial charge in [-0.1, -0.05) is 12.1 Å². The summed E-state index contributed by atoms with van der Waals surface area (Å²) in [5.74, 6) is 2.26. The van der Waals surface area contributed by atoms with E-state index in [4.69, 9.17) is 18.9 Å². The molecule has 0 bridgehead atoms. The maximum atomic E-state index is 12.9. The third-order valence-corrected chi connectivity index (χ3v) is 6.20. The van der Waals surface area contributed by atoms with Crippen molar-refractivity contribution in [1.82, 2.24) is 9.80 Å². The van der Waals surface area contributed by atoms with Gasteiger partial charge in [-0.05, 0) is 61.4 Å². The van der Waals surface area contributed by atoms with E-state index in [0.717, 1.165) is 11.1 Å². The molecular formula is C28H34N2O6. The normalized spacial score (nSPS) is 17.9. The Balaban J connectivity index is 1.64. The summed E-state index contributed by atoms with van der Waals surface area (Å²) in [7, 11) is 6.30. The highest BCUT2D eigenvalue weighted by molar-refractivity contribution is 5.94. The quantitative estimate of drug-likeness (QED) is 0.518. The van der Waals surface area contributed by atoms with Crippen LogP contribution >= 0.6 is 0 Å². The lowest BCUT2D eigenvalue weighted by Gasteiger charge is -2.43. The van der Waals surface area contributed by atoms with Crippen molar-refractivity contribution in [2.75, 3.05) is 41.5 Å². The molecule has 36 heavy (non-hydrogen) atoms. The van der Waals surface area contributed by atoms with Crippen LogP contribution in [0.5, 0.6) is 23.0 Å². The molecule has 1 heterocycles. The first kappa shape index (κ1) is 26.7. The molecule has 0 saturated carbocycles. The van der Waals surface area contributed by atoms with Gasteiger partial charge in [0, 0.05) is 37.3 Å². The van der Waals surface area contributed by atoms with Crippen LogP contribution in [0.1, 0.15) is 25.0 Å². The second-order valence-corrected chi connectivity index (χ2v) is 8.57. The van der Waals surface area contributed by atoms with Gasteiger partial charge in [-0.25, -0.2) is 0 Å². The molecule has 0 N–H and O–H groups in total. The van der Waals surface area contributed by atoms with Crippen molar-refractivity contribution in [3.05, 3.63) is 59.7 Å². The third kappa shape index (κ3) is 6.19. The van der Waals surface area contributed by atoms with Gasteiger partial charge in [0.25, 0.3) is 0 Å². The standard InChI is InChI=1S/C28H34N2O6/c1-19-17-30(28(32)14-10-22-8-12-24(34-4)26(16-22)36-6)20(2)18-29(19)27(31)13-9-21-7-11-23(33-3)25(15-21)35-5/h7-16,19-20H,17-18H2,1-6H3/b13-9+,14-10+/t19-,20-/m0/s1. The topological polar surface area (TPSA) is 77.5 Å². The molecule has 1 saturated heterocycles. The lowest BCUT2D eigenvalue weighted by Crippen LogP contribution is -2.59. The van der Waals surface area contributed by atoms with Crippen LogP contribution in [0.25, 0.3) is 12.2 Å². The Kier molecular flexibility index (Phi) is 9.00. The molecule has 8 heteroatoms. The summed E-state index contributed by atoms with van der Waals surface area (Å²) >= 11 is 0. The van der Waals surface area contributed by atoms with E-state index in [0.29, 0.717) is 36.1 Å². The van der Waals surface area contributed by atoms with Crippen LogP contribution in [0, 0.1) is 0 Å². The average molecular weight is 495 g/mol. The number of benzene rings is 2. The molecule has 0 radical (unpaired) electrons. The minimum Gasteiger partial charge on any atom is -0.493 e. The molecular weight excluding hydrogens is 460 g/mol. The fourth-order valence-corrected chi connectivity index (χ4v) is 4.18. The van der Waals surface area contributed by atoms with Crippen LogP contribution in [-0.4, -0.2) is 75.2 Å². The molecule has 2 aromatic rings. The second kappa shape index (κ2) is 12.2. The van der Waals surface area contributed by atoms with E-state index >= 15 is 0 Å². The molecule has 8 nitrogen and oxygen atoms in total. The Hall–Kier alpha value is -3.94. The molecule has 0 spiro atoms.